The van der Waals surface area contributed by atoms with Gasteiger partial charge in [0, 0.05) is 31.7 Å². The molecule has 0 atom stereocenters. The molecule has 2 heterocycles. The van der Waals surface area contributed by atoms with Crippen LogP contribution in [-0.4, -0.2) is 55.0 Å². The Kier molecular flexibility index (Phi) is 5.40. The van der Waals surface area contributed by atoms with Gasteiger partial charge in [-0.25, -0.2) is 8.42 Å². The number of amides is 3. The lowest BCUT2D eigenvalue weighted by Crippen LogP contribution is -2.32. The van der Waals surface area contributed by atoms with Gasteiger partial charge in [0.05, 0.1) is 16.0 Å². The van der Waals surface area contributed by atoms with Gasteiger partial charge < -0.3 is 5.32 Å². The Balaban J connectivity index is 1.35. The second kappa shape index (κ2) is 8.00. The Morgan fingerprint density at radius 2 is 1.47 bits per heavy atom. The molecular weight excluding hydrogens is 406 g/mol. The minimum Gasteiger partial charge on any atom is -0.326 e. The summed E-state index contributed by atoms with van der Waals surface area (Å²) in [5.74, 6) is -1.18. The molecule has 30 heavy (non-hydrogen) atoms. The highest BCUT2D eigenvalue weighted by atomic mass is 32.2. The van der Waals surface area contributed by atoms with Gasteiger partial charge in [0.2, 0.25) is 15.9 Å². The fourth-order valence-corrected chi connectivity index (χ4v) is 5.18. The summed E-state index contributed by atoms with van der Waals surface area (Å²) in [5.41, 5.74) is 1.14. The Morgan fingerprint density at radius 3 is 2.03 bits per heavy atom. The van der Waals surface area contributed by atoms with Gasteiger partial charge in [-0.2, -0.15) is 4.31 Å². The van der Waals surface area contributed by atoms with E-state index in [2.05, 4.69) is 5.32 Å². The number of nitrogens with one attached hydrogen (secondary N) is 1. The van der Waals surface area contributed by atoms with E-state index in [1.807, 2.05) is 0 Å². The van der Waals surface area contributed by atoms with Crippen LogP contribution in [0.3, 0.4) is 0 Å². The van der Waals surface area contributed by atoms with E-state index in [1.54, 1.807) is 24.3 Å². The highest BCUT2D eigenvalue weighted by Crippen LogP contribution is 2.24. The molecule has 2 aromatic carbocycles. The van der Waals surface area contributed by atoms with Crippen LogP contribution in [0.2, 0.25) is 0 Å². The van der Waals surface area contributed by atoms with Crippen molar-refractivity contribution >= 4 is 33.4 Å². The molecular formula is C21H21N3O5S. The van der Waals surface area contributed by atoms with Gasteiger partial charge >= 0.3 is 0 Å². The summed E-state index contributed by atoms with van der Waals surface area (Å²) < 4.78 is 26.5. The average Bonchev–Trinajstić information content (AvgIpc) is 3.36. The Bertz CT molecular complexity index is 1070. The number of benzene rings is 2. The van der Waals surface area contributed by atoms with Crippen molar-refractivity contribution in [3.63, 3.8) is 0 Å². The first-order valence-corrected chi connectivity index (χ1v) is 11.2. The van der Waals surface area contributed by atoms with Gasteiger partial charge in [0.25, 0.3) is 11.8 Å². The highest BCUT2D eigenvalue weighted by Gasteiger charge is 2.35. The van der Waals surface area contributed by atoms with Gasteiger partial charge in [-0.3, -0.25) is 19.3 Å². The second-order valence-corrected chi connectivity index (χ2v) is 9.18. The number of hydrogen-bond donors (Lipinski definition) is 1. The zero-order chi connectivity index (χ0) is 21.3. The molecule has 0 saturated carbocycles. The summed E-state index contributed by atoms with van der Waals surface area (Å²) in [5, 5.41) is 2.67. The molecule has 9 heteroatoms. The average molecular weight is 427 g/mol. The molecule has 0 aromatic heterocycles. The standard InChI is InChI=1S/C21H21N3O5S/c25-19(11-14-24-20(26)17-5-1-2-6-18(17)21(24)27)22-15-7-9-16(10-8-15)30(28,29)23-12-3-4-13-23/h1-2,5-10H,3-4,11-14H2,(H,22,25). The number of sulfonamides is 1. The first kappa shape index (κ1) is 20.2. The van der Waals surface area contributed by atoms with Crippen molar-refractivity contribution in [2.45, 2.75) is 24.2 Å². The lowest BCUT2D eigenvalue weighted by molar-refractivity contribution is -0.116. The van der Waals surface area contributed by atoms with Crippen molar-refractivity contribution in [3.8, 4) is 0 Å². The van der Waals surface area contributed by atoms with Crippen LogP contribution in [0.15, 0.2) is 53.4 Å². The molecule has 1 saturated heterocycles. The van der Waals surface area contributed by atoms with Gasteiger partial charge in [-0.05, 0) is 49.2 Å². The lowest BCUT2D eigenvalue weighted by atomic mass is 10.1. The third-order valence-electron chi connectivity index (χ3n) is 5.28. The molecule has 2 aliphatic rings. The largest absolute Gasteiger partial charge is 0.326 e. The normalized spacial score (nSPS) is 16.7. The van der Waals surface area contributed by atoms with Gasteiger partial charge in [0.15, 0.2) is 0 Å². The van der Waals surface area contributed by atoms with Crippen LogP contribution in [0.25, 0.3) is 0 Å². The quantitative estimate of drug-likeness (QED) is 0.711. The van der Waals surface area contributed by atoms with Crippen molar-refractivity contribution in [2.24, 2.45) is 0 Å². The fourth-order valence-electron chi connectivity index (χ4n) is 3.67. The van der Waals surface area contributed by atoms with E-state index in [-0.39, 0.29) is 23.8 Å². The monoisotopic (exact) mass is 427 g/mol. The van der Waals surface area contributed by atoms with E-state index in [9.17, 15) is 22.8 Å². The highest BCUT2D eigenvalue weighted by molar-refractivity contribution is 7.89. The first-order chi connectivity index (χ1) is 14.4. The molecule has 0 spiro atoms. The lowest BCUT2D eigenvalue weighted by Gasteiger charge is -2.16. The zero-order valence-electron chi connectivity index (χ0n) is 16.2. The minimum atomic E-state index is -3.50. The van der Waals surface area contributed by atoms with Gasteiger partial charge in [-0.15, -0.1) is 0 Å². The topological polar surface area (TPSA) is 104 Å². The molecule has 3 amide bonds. The van der Waals surface area contributed by atoms with E-state index in [1.165, 1.54) is 28.6 Å². The van der Waals surface area contributed by atoms with Crippen LogP contribution in [0, 0.1) is 0 Å². The van der Waals surface area contributed by atoms with Crippen molar-refractivity contribution < 1.29 is 22.8 Å². The first-order valence-electron chi connectivity index (χ1n) is 9.73. The van der Waals surface area contributed by atoms with E-state index in [4.69, 9.17) is 0 Å². The van der Waals surface area contributed by atoms with Crippen molar-refractivity contribution in [1.29, 1.82) is 0 Å². The summed E-state index contributed by atoms with van der Waals surface area (Å²) in [6.45, 7) is 1.02. The molecule has 1 fully saturated rings. The van der Waals surface area contributed by atoms with Gasteiger partial charge in [-0.1, -0.05) is 12.1 Å². The third kappa shape index (κ3) is 3.73. The molecule has 156 valence electrons. The van der Waals surface area contributed by atoms with Crippen LogP contribution in [0.4, 0.5) is 5.69 Å². The second-order valence-electron chi connectivity index (χ2n) is 7.24. The summed E-state index contributed by atoms with van der Waals surface area (Å²) >= 11 is 0. The van der Waals surface area contributed by atoms with Crippen LogP contribution < -0.4 is 5.32 Å². The Hall–Kier alpha value is -3.04. The molecule has 0 aliphatic carbocycles. The summed E-state index contributed by atoms with van der Waals surface area (Å²) in [6, 6.07) is 12.6. The summed E-state index contributed by atoms with van der Waals surface area (Å²) in [4.78, 5) is 38.2. The minimum absolute atomic E-state index is 0.0282. The third-order valence-corrected chi connectivity index (χ3v) is 7.19. The predicted octanol–water partition coefficient (Wildman–Crippen LogP) is 2.10. The number of carbonyl (C=O) groups is 3. The molecule has 2 aliphatic heterocycles. The number of nitrogens with zero attached hydrogens (tertiary/aromatic N) is 2. The van der Waals surface area contributed by atoms with Crippen LogP contribution >= 0.6 is 0 Å². The van der Waals surface area contributed by atoms with E-state index in [0.717, 1.165) is 17.7 Å². The fraction of sp³-hybridized carbons (Fsp3) is 0.286. The Morgan fingerprint density at radius 1 is 0.900 bits per heavy atom. The van der Waals surface area contributed by atoms with Crippen LogP contribution in [0.1, 0.15) is 40.0 Å². The molecule has 0 radical (unpaired) electrons. The van der Waals surface area contributed by atoms with E-state index >= 15 is 0 Å². The number of rotatable bonds is 6. The van der Waals surface area contributed by atoms with Gasteiger partial charge in [0.1, 0.15) is 0 Å². The summed E-state index contributed by atoms with van der Waals surface area (Å²) in [6.07, 6.45) is 1.67. The van der Waals surface area contributed by atoms with Crippen molar-refractivity contribution in [3.05, 3.63) is 59.7 Å². The maximum Gasteiger partial charge on any atom is 0.261 e. The van der Waals surface area contributed by atoms with Crippen molar-refractivity contribution in [1.82, 2.24) is 9.21 Å². The Labute approximate surface area is 174 Å². The smallest absolute Gasteiger partial charge is 0.261 e. The predicted molar refractivity (Wildman–Crippen MR) is 109 cm³/mol. The molecule has 4 rings (SSSR count). The molecule has 0 bridgehead atoms. The maximum absolute atomic E-state index is 12.5. The molecule has 2 aromatic rings. The number of imide groups is 1. The van der Waals surface area contributed by atoms with Crippen LogP contribution in [0.5, 0.6) is 0 Å². The van der Waals surface area contributed by atoms with Crippen molar-refractivity contribution in [2.75, 3.05) is 25.0 Å². The summed E-state index contributed by atoms with van der Waals surface area (Å²) in [7, 11) is -3.50. The number of anilines is 1. The molecule has 0 unspecified atom stereocenters. The number of fused-ring (bicyclic) bond motifs is 1. The number of carbonyl (C=O) groups excluding carboxylic acids is 3. The van der Waals surface area contributed by atoms with E-state index < -0.39 is 21.8 Å². The van der Waals surface area contributed by atoms with E-state index in [0.29, 0.717) is 29.9 Å². The molecule has 1 N–H and O–H groups in total. The SMILES string of the molecule is O=C(CCN1C(=O)c2ccccc2C1=O)Nc1ccc(S(=O)(=O)N2CCCC2)cc1. The number of hydrogen-bond acceptors (Lipinski definition) is 5. The molecule has 8 nitrogen and oxygen atoms in total. The maximum atomic E-state index is 12.5. The zero-order valence-corrected chi connectivity index (χ0v) is 17.0. The van der Waals surface area contributed by atoms with Crippen LogP contribution in [-0.2, 0) is 14.8 Å².